The van der Waals surface area contributed by atoms with Gasteiger partial charge in [0.1, 0.15) is 17.3 Å². The summed E-state index contributed by atoms with van der Waals surface area (Å²) in [5.41, 5.74) is 1.79. The van der Waals surface area contributed by atoms with E-state index in [-0.39, 0.29) is 18.3 Å². The first-order valence-corrected chi connectivity index (χ1v) is 9.89. The Morgan fingerprint density at radius 3 is 2.73 bits per heavy atom. The van der Waals surface area contributed by atoms with Crippen molar-refractivity contribution in [1.82, 2.24) is 9.97 Å². The highest BCUT2D eigenvalue weighted by Crippen LogP contribution is 2.33. The maximum atomic E-state index is 13.7. The minimum atomic E-state index is -0.350. The number of fused-ring (bicyclic) bond motifs is 1. The van der Waals surface area contributed by atoms with E-state index in [2.05, 4.69) is 9.97 Å². The molecule has 0 aliphatic carbocycles. The van der Waals surface area contributed by atoms with Crippen molar-refractivity contribution in [2.75, 3.05) is 19.1 Å². The number of hydrogen-bond donors (Lipinski definition) is 0. The number of halogens is 1. The zero-order valence-electron chi connectivity index (χ0n) is 16.3. The van der Waals surface area contributed by atoms with Crippen molar-refractivity contribution in [2.24, 2.45) is 0 Å². The van der Waals surface area contributed by atoms with Crippen molar-refractivity contribution in [3.05, 3.63) is 77.9 Å². The second kappa shape index (κ2) is 8.46. The molecule has 0 saturated carbocycles. The molecule has 0 unspecified atom stereocenters. The number of pyridine rings is 1. The fourth-order valence-corrected chi connectivity index (χ4v) is 4.02. The van der Waals surface area contributed by atoms with Crippen LogP contribution in [0.15, 0.2) is 60.9 Å². The summed E-state index contributed by atoms with van der Waals surface area (Å²) in [5, 5.41) is 0.453. The number of thiazole rings is 1. The van der Waals surface area contributed by atoms with Crippen LogP contribution in [0.1, 0.15) is 15.9 Å². The van der Waals surface area contributed by atoms with Gasteiger partial charge in [0.05, 0.1) is 36.5 Å². The summed E-state index contributed by atoms with van der Waals surface area (Å²) in [6, 6.07) is 13.1. The lowest BCUT2D eigenvalue weighted by molar-refractivity contribution is 0.0982. The molecule has 0 aliphatic rings. The van der Waals surface area contributed by atoms with E-state index in [1.807, 2.05) is 6.07 Å². The van der Waals surface area contributed by atoms with Crippen LogP contribution in [-0.2, 0) is 6.54 Å². The van der Waals surface area contributed by atoms with Gasteiger partial charge in [-0.3, -0.25) is 14.7 Å². The van der Waals surface area contributed by atoms with E-state index in [1.54, 1.807) is 42.7 Å². The Hall–Kier alpha value is -3.52. The molecule has 0 bridgehead atoms. The lowest BCUT2D eigenvalue weighted by Gasteiger charge is -2.21. The first kappa shape index (κ1) is 19.8. The summed E-state index contributed by atoms with van der Waals surface area (Å²) in [6.07, 6.45) is 3.36. The Balaban J connectivity index is 1.81. The lowest BCUT2D eigenvalue weighted by Crippen LogP contribution is -2.30. The van der Waals surface area contributed by atoms with Gasteiger partial charge >= 0.3 is 0 Å². The van der Waals surface area contributed by atoms with Crippen LogP contribution >= 0.6 is 11.3 Å². The van der Waals surface area contributed by atoms with Crippen LogP contribution in [0, 0.1) is 5.82 Å². The first-order chi connectivity index (χ1) is 14.6. The topological polar surface area (TPSA) is 64.6 Å². The third-order valence-corrected chi connectivity index (χ3v) is 5.56. The lowest BCUT2D eigenvalue weighted by atomic mass is 10.1. The van der Waals surface area contributed by atoms with E-state index >= 15 is 0 Å². The summed E-state index contributed by atoms with van der Waals surface area (Å²) < 4.78 is 25.0. The van der Waals surface area contributed by atoms with Gasteiger partial charge in [-0.25, -0.2) is 9.37 Å². The van der Waals surface area contributed by atoms with E-state index in [4.69, 9.17) is 9.47 Å². The Bertz CT molecular complexity index is 1200. The minimum Gasteiger partial charge on any atom is -0.497 e. The highest BCUT2D eigenvalue weighted by Gasteiger charge is 2.25. The number of anilines is 1. The Morgan fingerprint density at radius 2 is 2.00 bits per heavy atom. The molecule has 30 heavy (non-hydrogen) atoms. The Kier molecular flexibility index (Phi) is 5.58. The average Bonchev–Trinajstić information content (AvgIpc) is 3.20. The maximum absolute atomic E-state index is 13.7. The largest absolute Gasteiger partial charge is 0.497 e. The number of nitrogens with zero attached hydrogens (tertiary/aromatic N) is 3. The quantitative estimate of drug-likeness (QED) is 0.450. The summed E-state index contributed by atoms with van der Waals surface area (Å²) in [5.74, 6) is 0.294. The predicted molar refractivity (Wildman–Crippen MR) is 114 cm³/mol. The molecule has 4 aromatic rings. The van der Waals surface area contributed by atoms with Gasteiger partial charge in [-0.2, -0.15) is 0 Å². The molecule has 0 N–H and O–H groups in total. The van der Waals surface area contributed by atoms with Crippen molar-refractivity contribution in [3.8, 4) is 11.5 Å². The average molecular weight is 423 g/mol. The molecule has 1 amide bonds. The van der Waals surface area contributed by atoms with Gasteiger partial charge in [0.25, 0.3) is 5.91 Å². The highest BCUT2D eigenvalue weighted by atomic mass is 32.1. The third kappa shape index (κ3) is 3.95. The van der Waals surface area contributed by atoms with Crippen LogP contribution in [0.3, 0.4) is 0 Å². The predicted octanol–water partition coefficient (Wildman–Crippen LogP) is 4.69. The smallest absolute Gasteiger partial charge is 0.264 e. The van der Waals surface area contributed by atoms with E-state index in [9.17, 15) is 9.18 Å². The van der Waals surface area contributed by atoms with Gasteiger partial charge in [-0.05, 0) is 48.0 Å². The van der Waals surface area contributed by atoms with Gasteiger partial charge in [0.15, 0.2) is 5.13 Å². The number of carbonyl (C=O) groups is 1. The number of amides is 1. The molecular weight excluding hydrogens is 405 g/mol. The van der Waals surface area contributed by atoms with E-state index in [0.717, 1.165) is 5.56 Å². The van der Waals surface area contributed by atoms with Crippen LogP contribution in [0.5, 0.6) is 11.5 Å². The fourth-order valence-electron chi connectivity index (χ4n) is 3.03. The number of rotatable bonds is 6. The molecule has 0 atom stereocenters. The minimum absolute atomic E-state index is 0.245. The standard InChI is InChI=1S/C22H18FN3O3S/c1-28-16-6-8-19(29-2)17(11-16)21(27)26(13-14-4-3-9-24-12-14)22-25-18-7-5-15(23)10-20(18)30-22/h3-12H,13H2,1-2H3. The third-order valence-electron chi connectivity index (χ3n) is 4.52. The Labute approximate surface area is 176 Å². The second-order valence-electron chi connectivity index (χ2n) is 6.43. The number of aromatic nitrogens is 2. The number of carbonyl (C=O) groups excluding carboxylic acids is 1. The highest BCUT2D eigenvalue weighted by molar-refractivity contribution is 7.22. The zero-order valence-corrected chi connectivity index (χ0v) is 17.1. The molecule has 4 rings (SSSR count). The summed E-state index contributed by atoms with van der Waals surface area (Å²) in [6.45, 7) is 0.245. The number of methoxy groups -OCH3 is 2. The molecule has 2 heterocycles. The number of hydrogen-bond acceptors (Lipinski definition) is 6. The van der Waals surface area contributed by atoms with Gasteiger partial charge in [0, 0.05) is 12.4 Å². The van der Waals surface area contributed by atoms with Crippen LogP contribution in [0.2, 0.25) is 0 Å². The molecule has 152 valence electrons. The number of benzene rings is 2. The van der Waals surface area contributed by atoms with Crippen molar-refractivity contribution in [3.63, 3.8) is 0 Å². The van der Waals surface area contributed by atoms with Gasteiger partial charge in [-0.1, -0.05) is 17.4 Å². The molecule has 2 aromatic carbocycles. The van der Waals surface area contributed by atoms with E-state index in [1.165, 1.54) is 42.6 Å². The van der Waals surface area contributed by atoms with Crippen LogP contribution in [0.4, 0.5) is 9.52 Å². The van der Waals surface area contributed by atoms with Crippen LogP contribution in [0.25, 0.3) is 10.2 Å². The Morgan fingerprint density at radius 1 is 1.13 bits per heavy atom. The molecular formula is C22H18FN3O3S. The SMILES string of the molecule is COc1ccc(OC)c(C(=O)N(Cc2cccnc2)c2nc3ccc(F)cc3s2)c1. The van der Waals surface area contributed by atoms with Gasteiger partial charge < -0.3 is 9.47 Å². The normalized spacial score (nSPS) is 10.8. The molecule has 0 spiro atoms. The molecule has 8 heteroatoms. The fraction of sp³-hybridized carbons (Fsp3) is 0.136. The first-order valence-electron chi connectivity index (χ1n) is 9.08. The van der Waals surface area contributed by atoms with Gasteiger partial charge in [0.2, 0.25) is 0 Å². The second-order valence-corrected chi connectivity index (χ2v) is 7.44. The zero-order chi connectivity index (χ0) is 21.1. The molecule has 0 saturated heterocycles. The monoisotopic (exact) mass is 423 g/mol. The van der Waals surface area contributed by atoms with Crippen LogP contribution < -0.4 is 14.4 Å². The molecule has 0 radical (unpaired) electrons. The summed E-state index contributed by atoms with van der Waals surface area (Å²) in [4.78, 5) is 23.8. The van der Waals surface area contributed by atoms with Crippen molar-refractivity contribution >= 4 is 32.6 Å². The van der Waals surface area contributed by atoms with Crippen molar-refractivity contribution in [2.45, 2.75) is 6.54 Å². The van der Waals surface area contributed by atoms with Crippen LogP contribution in [-0.4, -0.2) is 30.1 Å². The molecule has 0 fully saturated rings. The molecule has 0 aliphatic heterocycles. The maximum Gasteiger partial charge on any atom is 0.264 e. The van der Waals surface area contributed by atoms with Crippen molar-refractivity contribution < 1.29 is 18.7 Å². The van der Waals surface area contributed by atoms with E-state index < -0.39 is 0 Å². The molecule has 6 nitrogen and oxygen atoms in total. The van der Waals surface area contributed by atoms with Crippen molar-refractivity contribution in [1.29, 1.82) is 0 Å². The molecule has 2 aromatic heterocycles. The van der Waals surface area contributed by atoms with Gasteiger partial charge in [-0.15, -0.1) is 0 Å². The summed E-state index contributed by atoms with van der Waals surface area (Å²) >= 11 is 1.25. The summed E-state index contributed by atoms with van der Waals surface area (Å²) in [7, 11) is 3.04. The van der Waals surface area contributed by atoms with E-state index in [0.29, 0.717) is 32.4 Å². The number of ether oxygens (including phenoxy) is 2.